The lowest BCUT2D eigenvalue weighted by Gasteiger charge is -2.18. The summed E-state index contributed by atoms with van der Waals surface area (Å²) in [6.45, 7) is 6.14. The predicted octanol–water partition coefficient (Wildman–Crippen LogP) is 21.9. The molecule has 0 aliphatic carbocycles. The quantitative estimate of drug-likeness (QED) is 0.0261. The molecule has 0 bridgehead atoms. The fourth-order valence-electron chi connectivity index (χ4n) is 8.15. The van der Waals surface area contributed by atoms with E-state index in [1.165, 1.54) is 96.3 Å². The highest BCUT2D eigenvalue weighted by Crippen LogP contribution is 2.16. The average molecular weight is 1090 g/mol. The van der Waals surface area contributed by atoms with Crippen molar-refractivity contribution < 1.29 is 28.6 Å². The van der Waals surface area contributed by atoms with Crippen LogP contribution in [-0.4, -0.2) is 37.2 Å². The Labute approximate surface area is 485 Å². The van der Waals surface area contributed by atoms with Gasteiger partial charge >= 0.3 is 17.9 Å². The summed E-state index contributed by atoms with van der Waals surface area (Å²) in [5.74, 6) is -1.17. The molecule has 0 aliphatic rings. The Morgan fingerprint density at radius 1 is 0.266 bits per heavy atom. The van der Waals surface area contributed by atoms with E-state index in [0.29, 0.717) is 19.3 Å². The minimum absolute atomic E-state index is 0.0761. The number of hydrogen-bond acceptors (Lipinski definition) is 6. The molecule has 0 radical (unpaired) electrons. The molecule has 0 aliphatic heterocycles. The third-order valence-electron chi connectivity index (χ3n) is 12.7. The van der Waals surface area contributed by atoms with Gasteiger partial charge in [0.05, 0.1) is 6.42 Å². The van der Waals surface area contributed by atoms with E-state index in [4.69, 9.17) is 14.2 Å². The first-order chi connectivity index (χ1) is 39.0. The molecule has 0 aromatic carbocycles. The first kappa shape index (κ1) is 73.8. The number of allylic oxidation sites excluding steroid dienone is 27. The van der Waals surface area contributed by atoms with Crippen LogP contribution in [0.3, 0.4) is 0 Å². The van der Waals surface area contributed by atoms with Crippen LogP contribution in [-0.2, 0) is 28.6 Å². The lowest BCUT2D eigenvalue weighted by Crippen LogP contribution is -2.30. The summed E-state index contributed by atoms with van der Waals surface area (Å²) in [5.41, 5.74) is 0. The van der Waals surface area contributed by atoms with Crippen molar-refractivity contribution in [2.75, 3.05) is 13.2 Å². The Balaban J connectivity index is 4.28. The Morgan fingerprint density at radius 3 is 0.848 bits per heavy atom. The minimum Gasteiger partial charge on any atom is -0.462 e. The van der Waals surface area contributed by atoms with Gasteiger partial charge in [-0.2, -0.15) is 0 Å². The van der Waals surface area contributed by atoms with Gasteiger partial charge < -0.3 is 14.2 Å². The van der Waals surface area contributed by atoms with Crippen LogP contribution in [0.2, 0.25) is 0 Å². The Kier molecular flexibility index (Phi) is 61.0. The van der Waals surface area contributed by atoms with Gasteiger partial charge in [0.2, 0.25) is 0 Å². The molecule has 0 aromatic heterocycles. The van der Waals surface area contributed by atoms with Crippen LogP contribution in [0.5, 0.6) is 0 Å². The normalized spacial score (nSPS) is 13.3. The molecule has 0 spiro atoms. The van der Waals surface area contributed by atoms with Gasteiger partial charge in [0, 0.05) is 12.8 Å². The van der Waals surface area contributed by atoms with E-state index in [1.807, 2.05) is 18.2 Å². The minimum atomic E-state index is -0.868. The van der Waals surface area contributed by atoms with E-state index in [9.17, 15) is 14.4 Å². The Morgan fingerprint density at radius 2 is 0.519 bits per heavy atom. The van der Waals surface area contributed by atoms with Gasteiger partial charge in [0.15, 0.2) is 6.10 Å². The molecule has 442 valence electrons. The topological polar surface area (TPSA) is 78.9 Å². The highest BCUT2D eigenvalue weighted by atomic mass is 16.6. The smallest absolute Gasteiger partial charge is 0.310 e. The molecular weight excluding hydrogens is 973 g/mol. The molecule has 0 aromatic rings. The number of hydrogen-bond donors (Lipinski definition) is 0. The molecule has 0 heterocycles. The third kappa shape index (κ3) is 63.5. The number of carbonyl (C=O) groups excluding carboxylic acids is 3. The van der Waals surface area contributed by atoms with Crippen LogP contribution in [0, 0.1) is 0 Å². The van der Waals surface area contributed by atoms with Crippen molar-refractivity contribution in [1.29, 1.82) is 0 Å². The van der Waals surface area contributed by atoms with E-state index in [0.717, 1.165) is 103 Å². The van der Waals surface area contributed by atoms with Gasteiger partial charge in [0.1, 0.15) is 13.2 Å². The molecule has 1 unspecified atom stereocenters. The van der Waals surface area contributed by atoms with Crippen LogP contribution in [0.4, 0.5) is 0 Å². The van der Waals surface area contributed by atoms with Crippen LogP contribution < -0.4 is 0 Å². The molecule has 0 fully saturated rings. The second kappa shape index (κ2) is 65.3. The second-order valence-corrected chi connectivity index (χ2v) is 20.2. The number of ether oxygens (including phenoxy) is 3. The summed E-state index contributed by atoms with van der Waals surface area (Å²) < 4.78 is 16.7. The zero-order chi connectivity index (χ0) is 57.1. The van der Waals surface area contributed by atoms with Crippen LogP contribution >= 0.6 is 0 Å². The van der Waals surface area contributed by atoms with E-state index >= 15 is 0 Å². The molecule has 79 heavy (non-hydrogen) atoms. The van der Waals surface area contributed by atoms with Crippen molar-refractivity contribution in [2.45, 2.75) is 258 Å². The first-order valence-corrected chi connectivity index (χ1v) is 31.6. The summed E-state index contributed by atoms with van der Waals surface area (Å²) in [7, 11) is 0. The van der Waals surface area contributed by atoms with Crippen molar-refractivity contribution in [3.8, 4) is 0 Å². The monoisotopic (exact) mass is 1090 g/mol. The zero-order valence-corrected chi connectivity index (χ0v) is 50.6. The van der Waals surface area contributed by atoms with Crippen molar-refractivity contribution >= 4 is 17.9 Å². The third-order valence-corrected chi connectivity index (χ3v) is 12.7. The second-order valence-electron chi connectivity index (χ2n) is 20.2. The maximum absolute atomic E-state index is 12.8. The van der Waals surface area contributed by atoms with E-state index in [1.54, 1.807) is 6.08 Å². The maximum atomic E-state index is 12.8. The summed E-state index contributed by atoms with van der Waals surface area (Å²) in [4.78, 5) is 38.1. The molecular formula is C73H114O6. The zero-order valence-electron chi connectivity index (χ0n) is 50.6. The SMILES string of the molecule is CC/C=C\C/C=C\C/C=C\C/C=C\C/C=C\CCCCCCCCCCCCCCCCCCCC(=O)OCC(COC(=O)CC/C=C\C/C=C\C/C=C\C/C=C\CC)OC(=O)C/C=C\C/C=C\C/C=C\C/C=C\C/C=C\CC. The van der Waals surface area contributed by atoms with Crippen molar-refractivity contribution in [1.82, 2.24) is 0 Å². The van der Waals surface area contributed by atoms with Gasteiger partial charge in [-0.05, 0) is 116 Å². The van der Waals surface area contributed by atoms with Crippen molar-refractivity contribution in [3.63, 3.8) is 0 Å². The molecule has 0 amide bonds. The maximum Gasteiger partial charge on any atom is 0.310 e. The largest absolute Gasteiger partial charge is 0.462 e. The lowest BCUT2D eigenvalue weighted by atomic mass is 10.0. The highest BCUT2D eigenvalue weighted by Gasteiger charge is 2.19. The van der Waals surface area contributed by atoms with Gasteiger partial charge in [-0.3, -0.25) is 14.4 Å². The van der Waals surface area contributed by atoms with Crippen LogP contribution in [0.1, 0.15) is 252 Å². The van der Waals surface area contributed by atoms with Gasteiger partial charge in [-0.15, -0.1) is 0 Å². The molecule has 0 rings (SSSR count). The van der Waals surface area contributed by atoms with Gasteiger partial charge in [-0.25, -0.2) is 0 Å². The van der Waals surface area contributed by atoms with Gasteiger partial charge in [-0.1, -0.05) is 287 Å². The molecule has 1 atom stereocenters. The Bertz CT molecular complexity index is 1820. The first-order valence-electron chi connectivity index (χ1n) is 31.6. The fraction of sp³-hybridized carbons (Fsp3) is 0.575. The number of unbranched alkanes of at least 4 members (excludes halogenated alkanes) is 17. The number of rotatable bonds is 55. The summed E-state index contributed by atoms with van der Waals surface area (Å²) in [5, 5.41) is 0. The molecule has 0 saturated carbocycles. The summed E-state index contributed by atoms with van der Waals surface area (Å²) in [6, 6.07) is 0. The lowest BCUT2D eigenvalue weighted by molar-refractivity contribution is -0.166. The number of carbonyl (C=O) groups is 3. The summed E-state index contributed by atoms with van der Waals surface area (Å²) in [6.07, 6.45) is 97.1. The summed E-state index contributed by atoms with van der Waals surface area (Å²) >= 11 is 0. The molecule has 6 nitrogen and oxygen atoms in total. The highest BCUT2D eigenvalue weighted by molar-refractivity contribution is 5.72. The van der Waals surface area contributed by atoms with Crippen LogP contribution in [0.25, 0.3) is 0 Å². The van der Waals surface area contributed by atoms with Crippen LogP contribution in [0.15, 0.2) is 170 Å². The van der Waals surface area contributed by atoms with E-state index in [-0.39, 0.29) is 38.0 Å². The van der Waals surface area contributed by atoms with Crippen molar-refractivity contribution in [2.24, 2.45) is 0 Å². The van der Waals surface area contributed by atoms with Gasteiger partial charge in [0.25, 0.3) is 0 Å². The van der Waals surface area contributed by atoms with E-state index < -0.39 is 12.1 Å². The Hall–Kier alpha value is -5.23. The predicted molar refractivity (Wildman–Crippen MR) is 343 cm³/mol. The number of esters is 3. The molecule has 0 saturated heterocycles. The molecule has 6 heteroatoms. The molecule has 0 N–H and O–H groups in total. The average Bonchev–Trinajstić information content (AvgIpc) is 3.45. The standard InChI is InChI=1S/C73H114O6/c1-4-7-10-13-16-19-22-25-27-28-29-30-31-32-33-34-35-36-37-38-39-40-41-42-43-44-46-48-51-54-57-60-63-66-72(75)78-69-70(68-77-71(74)65-62-59-56-53-50-47-24-21-18-15-12-9-6-3)79-73(76)67-64-61-58-55-52-49-45-26-23-20-17-14-11-8-5-2/h7-12,16-21,25-27,29-30,32-33,45,47,50,52,55-56,59,61,64,70H,4-6,13-15,22-24,28,31,34-44,46,48-49,51,53-54,57-58,60,62-63,65-69H2,1-3H3/b10-7-,11-8-,12-9-,19-16-,20-17-,21-18-,27-25-,30-29-,33-32-,45-26-,50-47-,55-52-,59-56-,64-61-. The van der Waals surface area contributed by atoms with Crippen molar-refractivity contribution in [3.05, 3.63) is 170 Å². The fourth-order valence-corrected chi connectivity index (χ4v) is 8.15. The van der Waals surface area contributed by atoms with E-state index in [2.05, 4.69) is 167 Å².